The summed E-state index contributed by atoms with van der Waals surface area (Å²) < 4.78 is 15.3. The Morgan fingerprint density at radius 1 is 1.18 bits per heavy atom. The number of rotatable bonds is 5. The number of ether oxygens (including phenoxy) is 3. The molecular formula is C15H20O7. The van der Waals surface area contributed by atoms with Gasteiger partial charge in [-0.1, -0.05) is 30.3 Å². The van der Waals surface area contributed by atoms with Crippen LogP contribution in [0.15, 0.2) is 30.3 Å². The van der Waals surface area contributed by atoms with Crippen molar-refractivity contribution in [2.75, 3.05) is 6.61 Å². The molecule has 122 valence electrons. The standard InChI is InChI=1S/C15H20O7/c1-9(16)20-8-11-12(17)14(13(18)15(19)22-11)21-7-10-5-3-2-4-6-10/h2-6,11-15,17-19H,7-8H2,1H3/t11-,12-,13+,14+,15+/m1/s1. The fourth-order valence-corrected chi connectivity index (χ4v) is 2.22. The van der Waals surface area contributed by atoms with E-state index in [4.69, 9.17) is 14.2 Å². The van der Waals surface area contributed by atoms with Crippen LogP contribution in [0.3, 0.4) is 0 Å². The number of aliphatic hydroxyl groups excluding tert-OH is 3. The summed E-state index contributed by atoms with van der Waals surface area (Å²) in [5.41, 5.74) is 0.861. The van der Waals surface area contributed by atoms with Crippen LogP contribution in [0.25, 0.3) is 0 Å². The first-order valence-electron chi connectivity index (χ1n) is 6.97. The van der Waals surface area contributed by atoms with Crippen LogP contribution in [0.2, 0.25) is 0 Å². The lowest BCUT2D eigenvalue weighted by Crippen LogP contribution is -2.59. The molecule has 0 radical (unpaired) electrons. The van der Waals surface area contributed by atoms with Crippen molar-refractivity contribution in [1.29, 1.82) is 0 Å². The monoisotopic (exact) mass is 312 g/mol. The molecule has 7 heteroatoms. The van der Waals surface area contributed by atoms with Crippen LogP contribution >= 0.6 is 0 Å². The summed E-state index contributed by atoms with van der Waals surface area (Å²) in [6.07, 6.45) is -6.17. The molecule has 1 aromatic rings. The second-order valence-electron chi connectivity index (χ2n) is 5.11. The third kappa shape index (κ3) is 4.25. The molecule has 1 aliphatic heterocycles. The van der Waals surface area contributed by atoms with Gasteiger partial charge in [0.25, 0.3) is 0 Å². The number of hydrogen-bond donors (Lipinski definition) is 3. The van der Waals surface area contributed by atoms with Gasteiger partial charge in [0.15, 0.2) is 6.29 Å². The summed E-state index contributed by atoms with van der Waals surface area (Å²) >= 11 is 0. The zero-order chi connectivity index (χ0) is 16.1. The van der Waals surface area contributed by atoms with Gasteiger partial charge in [-0.25, -0.2) is 0 Å². The zero-order valence-corrected chi connectivity index (χ0v) is 12.2. The lowest BCUT2D eigenvalue weighted by Gasteiger charge is -2.40. The molecule has 7 nitrogen and oxygen atoms in total. The molecule has 0 unspecified atom stereocenters. The zero-order valence-electron chi connectivity index (χ0n) is 12.2. The Morgan fingerprint density at radius 3 is 2.50 bits per heavy atom. The number of benzene rings is 1. The number of carbonyl (C=O) groups is 1. The number of aliphatic hydroxyl groups is 3. The van der Waals surface area contributed by atoms with Crippen LogP contribution in [0, 0.1) is 0 Å². The normalized spacial score (nSPS) is 31.7. The first kappa shape index (κ1) is 16.9. The van der Waals surface area contributed by atoms with Crippen LogP contribution in [-0.2, 0) is 25.6 Å². The Kier molecular flexibility index (Phi) is 5.87. The van der Waals surface area contributed by atoms with Crippen molar-refractivity contribution >= 4 is 5.97 Å². The minimum Gasteiger partial charge on any atom is -0.463 e. The van der Waals surface area contributed by atoms with Crippen molar-refractivity contribution in [3.8, 4) is 0 Å². The Morgan fingerprint density at radius 2 is 1.86 bits per heavy atom. The number of esters is 1. The van der Waals surface area contributed by atoms with E-state index in [1.54, 1.807) is 0 Å². The Bertz CT molecular complexity index is 478. The van der Waals surface area contributed by atoms with Gasteiger partial charge in [-0.05, 0) is 5.56 Å². The Balaban J connectivity index is 1.98. The summed E-state index contributed by atoms with van der Waals surface area (Å²) in [7, 11) is 0. The third-order valence-electron chi connectivity index (χ3n) is 3.40. The second-order valence-corrected chi connectivity index (χ2v) is 5.11. The minimum absolute atomic E-state index is 0.159. The van der Waals surface area contributed by atoms with E-state index in [1.807, 2.05) is 30.3 Å². The van der Waals surface area contributed by atoms with Gasteiger partial charge in [0.2, 0.25) is 0 Å². The molecule has 1 heterocycles. The maximum absolute atomic E-state index is 10.8. The summed E-state index contributed by atoms with van der Waals surface area (Å²) in [6.45, 7) is 1.15. The maximum atomic E-state index is 10.8. The first-order chi connectivity index (χ1) is 10.5. The van der Waals surface area contributed by atoms with Gasteiger partial charge in [0.1, 0.15) is 31.0 Å². The molecule has 1 aromatic carbocycles. The van der Waals surface area contributed by atoms with Gasteiger partial charge in [-0.15, -0.1) is 0 Å². The summed E-state index contributed by atoms with van der Waals surface area (Å²) in [4.78, 5) is 10.8. The Hall–Kier alpha value is -1.51. The molecule has 22 heavy (non-hydrogen) atoms. The van der Waals surface area contributed by atoms with E-state index in [9.17, 15) is 20.1 Å². The van der Waals surface area contributed by atoms with E-state index < -0.39 is 36.7 Å². The molecule has 1 aliphatic rings. The molecule has 0 aliphatic carbocycles. The van der Waals surface area contributed by atoms with E-state index in [2.05, 4.69) is 0 Å². The van der Waals surface area contributed by atoms with Gasteiger partial charge < -0.3 is 29.5 Å². The first-order valence-corrected chi connectivity index (χ1v) is 6.97. The van der Waals surface area contributed by atoms with Crippen LogP contribution in [0.1, 0.15) is 12.5 Å². The summed E-state index contributed by atoms with van der Waals surface area (Å²) in [5.74, 6) is -0.529. The molecule has 0 spiro atoms. The highest BCUT2D eigenvalue weighted by Crippen LogP contribution is 2.23. The van der Waals surface area contributed by atoms with Crippen LogP contribution in [0.5, 0.6) is 0 Å². The van der Waals surface area contributed by atoms with Crippen molar-refractivity contribution in [2.24, 2.45) is 0 Å². The van der Waals surface area contributed by atoms with Gasteiger partial charge in [0, 0.05) is 6.92 Å². The predicted octanol–water partition coefficient (Wildman–Crippen LogP) is -0.426. The van der Waals surface area contributed by atoms with Gasteiger partial charge in [0.05, 0.1) is 6.61 Å². The molecule has 1 fully saturated rings. The van der Waals surface area contributed by atoms with E-state index in [1.165, 1.54) is 6.92 Å². The minimum atomic E-state index is -1.52. The smallest absolute Gasteiger partial charge is 0.302 e. The molecule has 5 atom stereocenters. The molecule has 0 amide bonds. The van der Waals surface area contributed by atoms with Gasteiger partial charge in [-0.2, -0.15) is 0 Å². The number of hydrogen-bond acceptors (Lipinski definition) is 7. The lowest BCUT2D eigenvalue weighted by molar-refractivity contribution is -0.296. The van der Waals surface area contributed by atoms with Gasteiger partial charge in [-0.3, -0.25) is 4.79 Å². The molecule has 0 bridgehead atoms. The molecule has 2 rings (SSSR count). The molecule has 0 saturated carbocycles. The van der Waals surface area contributed by atoms with E-state index in [-0.39, 0.29) is 13.2 Å². The fourth-order valence-electron chi connectivity index (χ4n) is 2.22. The van der Waals surface area contributed by atoms with E-state index >= 15 is 0 Å². The quantitative estimate of drug-likeness (QED) is 0.634. The maximum Gasteiger partial charge on any atom is 0.302 e. The van der Waals surface area contributed by atoms with Gasteiger partial charge >= 0.3 is 5.97 Å². The highest BCUT2D eigenvalue weighted by atomic mass is 16.7. The highest BCUT2D eigenvalue weighted by molar-refractivity contribution is 5.65. The van der Waals surface area contributed by atoms with E-state index in [0.717, 1.165) is 5.56 Å². The molecule has 1 saturated heterocycles. The molecule has 3 N–H and O–H groups in total. The van der Waals surface area contributed by atoms with Crippen molar-refractivity contribution in [3.05, 3.63) is 35.9 Å². The van der Waals surface area contributed by atoms with Crippen molar-refractivity contribution in [3.63, 3.8) is 0 Å². The second kappa shape index (κ2) is 7.66. The SMILES string of the molecule is CC(=O)OC[C@H]1O[C@H](O)[C@@H](O)[C@@H](OCc2ccccc2)[C@@H]1O. The average molecular weight is 312 g/mol. The van der Waals surface area contributed by atoms with Crippen molar-refractivity contribution in [2.45, 2.75) is 44.2 Å². The van der Waals surface area contributed by atoms with Crippen LogP contribution < -0.4 is 0 Å². The van der Waals surface area contributed by atoms with Crippen molar-refractivity contribution in [1.82, 2.24) is 0 Å². The third-order valence-corrected chi connectivity index (χ3v) is 3.40. The fraction of sp³-hybridized carbons (Fsp3) is 0.533. The highest BCUT2D eigenvalue weighted by Gasteiger charge is 2.45. The van der Waals surface area contributed by atoms with Crippen LogP contribution in [-0.4, -0.2) is 58.6 Å². The molecular weight excluding hydrogens is 292 g/mol. The Labute approximate surface area is 128 Å². The van der Waals surface area contributed by atoms with Crippen LogP contribution in [0.4, 0.5) is 0 Å². The topological polar surface area (TPSA) is 105 Å². The molecule has 0 aromatic heterocycles. The average Bonchev–Trinajstić information content (AvgIpc) is 2.50. The summed E-state index contributed by atoms with van der Waals surface area (Å²) in [5, 5.41) is 29.8. The van der Waals surface area contributed by atoms with Crippen molar-refractivity contribution < 1.29 is 34.3 Å². The summed E-state index contributed by atoms with van der Waals surface area (Å²) in [6, 6.07) is 9.22. The van der Waals surface area contributed by atoms with E-state index in [0.29, 0.717) is 0 Å². The predicted molar refractivity (Wildman–Crippen MR) is 74.5 cm³/mol. The number of carbonyl (C=O) groups excluding carboxylic acids is 1. The lowest BCUT2D eigenvalue weighted by atomic mass is 9.99. The largest absolute Gasteiger partial charge is 0.463 e.